The SMILES string of the molecule is CCOc1cc(/C=N/NC(=O)c2ccccc2Br)cc(I)c1OCc1ccc(Cl)cc1Cl. The van der Waals surface area contributed by atoms with Crippen molar-refractivity contribution in [3.8, 4) is 11.5 Å². The fourth-order valence-corrected chi connectivity index (χ4v) is 4.43. The lowest BCUT2D eigenvalue weighted by Crippen LogP contribution is -2.18. The monoisotopic (exact) mass is 646 g/mol. The zero-order valence-corrected chi connectivity index (χ0v) is 22.1. The Labute approximate surface area is 218 Å². The molecule has 0 aliphatic heterocycles. The standard InChI is InChI=1S/C23H18BrCl2IN2O3/c1-2-31-21-10-14(12-28-29-23(30)17-5-3-4-6-18(17)24)9-20(27)22(21)32-13-15-7-8-16(25)11-19(15)26/h3-12H,2,13H2,1H3,(H,29,30)/b28-12+. The minimum Gasteiger partial charge on any atom is -0.490 e. The minimum absolute atomic E-state index is 0.265. The van der Waals surface area contributed by atoms with E-state index in [1.54, 1.807) is 42.6 Å². The molecule has 0 fully saturated rings. The van der Waals surface area contributed by atoms with Gasteiger partial charge in [-0.05, 0) is 87.4 Å². The highest BCUT2D eigenvalue weighted by molar-refractivity contribution is 14.1. The molecule has 0 saturated carbocycles. The van der Waals surface area contributed by atoms with Crippen molar-refractivity contribution < 1.29 is 14.3 Å². The maximum Gasteiger partial charge on any atom is 0.272 e. The topological polar surface area (TPSA) is 59.9 Å². The van der Waals surface area contributed by atoms with E-state index in [1.165, 1.54) is 0 Å². The molecule has 32 heavy (non-hydrogen) atoms. The Hall–Kier alpha value is -1.81. The molecule has 0 bridgehead atoms. The van der Waals surface area contributed by atoms with Gasteiger partial charge in [0.25, 0.3) is 5.91 Å². The van der Waals surface area contributed by atoms with Crippen molar-refractivity contribution in [2.45, 2.75) is 13.5 Å². The van der Waals surface area contributed by atoms with Crippen LogP contribution in [0.15, 0.2) is 64.2 Å². The van der Waals surface area contributed by atoms with E-state index in [9.17, 15) is 4.79 Å². The van der Waals surface area contributed by atoms with Gasteiger partial charge in [0.1, 0.15) is 6.61 Å². The number of carbonyl (C=O) groups is 1. The predicted octanol–water partition coefficient (Wildman–Crippen LogP) is 7.10. The molecule has 1 N–H and O–H groups in total. The second kappa shape index (κ2) is 11.9. The van der Waals surface area contributed by atoms with Crippen molar-refractivity contribution in [1.82, 2.24) is 5.43 Å². The third kappa shape index (κ3) is 6.60. The summed E-state index contributed by atoms with van der Waals surface area (Å²) >= 11 is 17.7. The number of hydrazone groups is 1. The van der Waals surface area contributed by atoms with Crippen LogP contribution in [0.1, 0.15) is 28.4 Å². The lowest BCUT2D eigenvalue weighted by Gasteiger charge is -2.15. The van der Waals surface area contributed by atoms with Crippen LogP contribution >= 0.6 is 61.7 Å². The lowest BCUT2D eigenvalue weighted by molar-refractivity contribution is 0.0954. The molecule has 0 radical (unpaired) electrons. The molecule has 3 aromatic rings. The summed E-state index contributed by atoms with van der Waals surface area (Å²) in [5.74, 6) is 0.865. The molecule has 0 heterocycles. The van der Waals surface area contributed by atoms with Crippen molar-refractivity contribution in [1.29, 1.82) is 0 Å². The first-order chi connectivity index (χ1) is 15.4. The van der Waals surface area contributed by atoms with E-state index < -0.39 is 0 Å². The Morgan fingerprint density at radius 1 is 1.16 bits per heavy atom. The average molecular weight is 648 g/mol. The summed E-state index contributed by atoms with van der Waals surface area (Å²) in [5.41, 5.74) is 4.60. The van der Waals surface area contributed by atoms with E-state index in [2.05, 4.69) is 49.0 Å². The highest BCUT2D eigenvalue weighted by atomic mass is 127. The van der Waals surface area contributed by atoms with E-state index in [1.807, 2.05) is 25.1 Å². The van der Waals surface area contributed by atoms with Gasteiger partial charge < -0.3 is 9.47 Å². The van der Waals surface area contributed by atoms with Gasteiger partial charge in [0.15, 0.2) is 11.5 Å². The normalized spacial score (nSPS) is 10.9. The second-order valence-corrected chi connectivity index (χ2v) is 9.33. The quantitative estimate of drug-likeness (QED) is 0.161. The number of hydrogen-bond donors (Lipinski definition) is 1. The maximum absolute atomic E-state index is 12.3. The molecular formula is C23H18BrCl2IN2O3. The molecule has 166 valence electrons. The molecule has 9 heteroatoms. The van der Waals surface area contributed by atoms with Crippen molar-refractivity contribution in [3.63, 3.8) is 0 Å². The van der Waals surface area contributed by atoms with Gasteiger partial charge >= 0.3 is 0 Å². The number of carbonyl (C=O) groups excluding carboxylic acids is 1. The van der Waals surface area contributed by atoms with Gasteiger partial charge in [0.2, 0.25) is 0 Å². The van der Waals surface area contributed by atoms with Crippen LogP contribution in [0.25, 0.3) is 0 Å². The minimum atomic E-state index is -0.312. The molecule has 0 aromatic heterocycles. The van der Waals surface area contributed by atoms with Gasteiger partial charge in [-0.3, -0.25) is 4.79 Å². The highest BCUT2D eigenvalue weighted by Crippen LogP contribution is 2.35. The molecule has 5 nitrogen and oxygen atoms in total. The molecule has 0 aliphatic rings. The van der Waals surface area contributed by atoms with Gasteiger partial charge in [-0.25, -0.2) is 5.43 Å². The van der Waals surface area contributed by atoms with Crippen molar-refractivity contribution in [2.24, 2.45) is 5.10 Å². The Morgan fingerprint density at radius 2 is 1.94 bits per heavy atom. The van der Waals surface area contributed by atoms with Gasteiger partial charge in [0, 0.05) is 20.1 Å². The number of amides is 1. The molecule has 0 aliphatic carbocycles. The van der Waals surface area contributed by atoms with E-state index in [4.69, 9.17) is 32.7 Å². The van der Waals surface area contributed by atoms with Crippen molar-refractivity contribution in [3.05, 3.63) is 89.4 Å². The largest absolute Gasteiger partial charge is 0.490 e. The Bertz CT molecular complexity index is 1160. The number of ether oxygens (including phenoxy) is 2. The summed E-state index contributed by atoms with van der Waals surface area (Å²) < 4.78 is 13.3. The van der Waals surface area contributed by atoms with Crippen LogP contribution < -0.4 is 14.9 Å². The van der Waals surface area contributed by atoms with E-state index in [0.29, 0.717) is 38.2 Å². The Morgan fingerprint density at radius 3 is 2.66 bits per heavy atom. The first-order valence-corrected chi connectivity index (χ1v) is 12.1. The van der Waals surface area contributed by atoms with Crippen LogP contribution in [-0.2, 0) is 6.61 Å². The summed E-state index contributed by atoms with van der Waals surface area (Å²) in [5, 5.41) is 5.17. The number of hydrogen-bond acceptors (Lipinski definition) is 4. The fraction of sp³-hybridized carbons (Fsp3) is 0.130. The Balaban J connectivity index is 1.75. The lowest BCUT2D eigenvalue weighted by atomic mass is 10.2. The van der Waals surface area contributed by atoms with Gasteiger partial charge in [-0.15, -0.1) is 0 Å². The first kappa shape index (κ1) is 24.8. The summed E-state index contributed by atoms with van der Waals surface area (Å²) in [4.78, 5) is 12.3. The summed E-state index contributed by atoms with van der Waals surface area (Å²) in [6.07, 6.45) is 1.55. The smallest absolute Gasteiger partial charge is 0.272 e. The van der Waals surface area contributed by atoms with Crippen LogP contribution in [0.5, 0.6) is 11.5 Å². The molecule has 0 saturated heterocycles. The highest BCUT2D eigenvalue weighted by Gasteiger charge is 2.13. The number of rotatable bonds is 8. The fourth-order valence-electron chi connectivity index (χ4n) is 2.73. The Kier molecular flexibility index (Phi) is 9.22. The van der Waals surface area contributed by atoms with Gasteiger partial charge in [-0.1, -0.05) is 41.4 Å². The maximum atomic E-state index is 12.3. The number of halogens is 4. The molecule has 3 rings (SSSR count). The molecular weight excluding hydrogens is 630 g/mol. The van der Waals surface area contributed by atoms with Crippen LogP contribution in [0.2, 0.25) is 10.0 Å². The van der Waals surface area contributed by atoms with Crippen molar-refractivity contribution in [2.75, 3.05) is 6.61 Å². The summed E-state index contributed by atoms with van der Waals surface area (Å²) in [6.45, 7) is 2.63. The molecule has 0 atom stereocenters. The molecule has 0 spiro atoms. The molecule has 0 unspecified atom stereocenters. The van der Waals surface area contributed by atoms with E-state index in [-0.39, 0.29) is 12.5 Å². The first-order valence-electron chi connectivity index (χ1n) is 9.50. The predicted molar refractivity (Wildman–Crippen MR) is 140 cm³/mol. The third-order valence-corrected chi connectivity index (χ3v) is 6.30. The van der Waals surface area contributed by atoms with E-state index in [0.717, 1.165) is 14.7 Å². The summed E-state index contributed by atoms with van der Waals surface area (Å²) in [6, 6.07) is 16.1. The third-order valence-electron chi connectivity index (χ3n) is 4.22. The van der Waals surface area contributed by atoms with Crippen LogP contribution in [0.4, 0.5) is 0 Å². The van der Waals surface area contributed by atoms with E-state index >= 15 is 0 Å². The molecule has 3 aromatic carbocycles. The van der Waals surface area contributed by atoms with Gasteiger partial charge in [0.05, 0.1) is 22.0 Å². The number of nitrogens with one attached hydrogen (secondary N) is 1. The van der Waals surface area contributed by atoms with Crippen LogP contribution in [0, 0.1) is 3.57 Å². The zero-order valence-electron chi connectivity index (χ0n) is 16.9. The van der Waals surface area contributed by atoms with Gasteiger partial charge in [-0.2, -0.15) is 5.10 Å². The second-order valence-electron chi connectivity index (χ2n) is 6.47. The number of benzene rings is 3. The average Bonchev–Trinajstić information content (AvgIpc) is 2.75. The van der Waals surface area contributed by atoms with Crippen LogP contribution in [-0.4, -0.2) is 18.7 Å². The number of nitrogens with zero attached hydrogens (tertiary/aromatic N) is 1. The molecule has 1 amide bonds. The van der Waals surface area contributed by atoms with Crippen molar-refractivity contribution >= 4 is 73.8 Å². The zero-order chi connectivity index (χ0) is 23.1. The van der Waals surface area contributed by atoms with Crippen LogP contribution in [0.3, 0.4) is 0 Å². The summed E-state index contributed by atoms with van der Waals surface area (Å²) in [7, 11) is 0.